The highest BCUT2D eigenvalue weighted by Gasteiger charge is 2.35. The van der Waals surface area contributed by atoms with Crippen LogP contribution < -0.4 is 9.62 Å². The lowest BCUT2D eigenvalue weighted by Crippen LogP contribution is -2.41. The zero-order valence-corrected chi connectivity index (χ0v) is 13.9. The number of amides is 1. The highest BCUT2D eigenvalue weighted by Crippen LogP contribution is 2.24. The molecule has 0 saturated carbocycles. The molecule has 2 aromatic rings. The molecular formula is C17H17FN2O3S. The number of nitrogens with one attached hydrogen (secondary N) is 1. The lowest BCUT2D eigenvalue weighted by Gasteiger charge is -2.18. The van der Waals surface area contributed by atoms with Gasteiger partial charge >= 0.3 is 0 Å². The second kappa shape index (κ2) is 6.33. The molecule has 0 radical (unpaired) electrons. The minimum Gasteiger partial charge on any atom is -0.311 e. The Kier molecular flexibility index (Phi) is 4.38. The molecule has 0 spiro atoms. The van der Waals surface area contributed by atoms with Crippen LogP contribution in [0.5, 0.6) is 0 Å². The number of aryl methyl sites for hydroxylation is 1. The van der Waals surface area contributed by atoms with E-state index in [1.807, 2.05) is 0 Å². The third-order valence-electron chi connectivity index (χ3n) is 4.01. The maximum Gasteiger partial charge on any atom is 0.245 e. The Hall–Kier alpha value is -2.25. The van der Waals surface area contributed by atoms with E-state index in [-0.39, 0.29) is 16.6 Å². The monoisotopic (exact) mass is 348 g/mol. The second-order valence-corrected chi connectivity index (χ2v) is 7.41. The van der Waals surface area contributed by atoms with Crippen molar-refractivity contribution < 1.29 is 17.6 Å². The quantitative estimate of drug-likeness (QED) is 0.921. The molecule has 0 aromatic heterocycles. The van der Waals surface area contributed by atoms with Crippen LogP contribution in [0.2, 0.25) is 0 Å². The minimum absolute atomic E-state index is 0.119. The van der Waals surface area contributed by atoms with Gasteiger partial charge in [-0.05, 0) is 49.2 Å². The fourth-order valence-electron chi connectivity index (χ4n) is 2.70. The number of anilines is 1. The van der Waals surface area contributed by atoms with Crippen LogP contribution in [0.1, 0.15) is 12.0 Å². The minimum atomic E-state index is -3.75. The molecule has 2 aromatic carbocycles. The number of benzene rings is 2. The third-order valence-corrected chi connectivity index (χ3v) is 5.50. The Morgan fingerprint density at radius 2 is 1.88 bits per heavy atom. The summed E-state index contributed by atoms with van der Waals surface area (Å²) in [4.78, 5) is 14.1. The third kappa shape index (κ3) is 3.18. The summed E-state index contributed by atoms with van der Waals surface area (Å²) in [5.41, 5.74) is 1.01. The van der Waals surface area contributed by atoms with E-state index >= 15 is 0 Å². The number of rotatable bonds is 4. The predicted molar refractivity (Wildman–Crippen MR) is 88.7 cm³/mol. The smallest absolute Gasteiger partial charge is 0.245 e. The van der Waals surface area contributed by atoms with E-state index in [1.54, 1.807) is 31.2 Å². The van der Waals surface area contributed by atoms with Gasteiger partial charge in [0, 0.05) is 12.2 Å². The van der Waals surface area contributed by atoms with Gasteiger partial charge in [-0.25, -0.2) is 12.8 Å². The van der Waals surface area contributed by atoms with Gasteiger partial charge in [0.25, 0.3) is 0 Å². The van der Waals surface area contributed by atoms with Gasteiger partial charge in [0.1, 0.15) is 11.9 Å². The van der Waals surface area contributed by atoms with E-state index in [1.165, 1.54) is 29.2 Å². The van der Waals surface area contributed by atoms with E-state index in [0.717, 1.165) is 0 Å². The molecule has 1 N–H and O–H groups in total. The summed E-state index contributed by atoms with van der Waals surface area (Å²) in [6.07, 6.45) is 0.362. The standard InChI is InChI=1S/C17H17FN2O3S/c1-12-11-13(7-8-15(12)18)20-10-9-16(17(20)21)19-24(22,23)14-5-3-2-4-6-14/h2-8,11,16,19H,9-10H2,1H3. The Morgan fingerprint density at radius 3 is 2.54 bits per heavy atom. The number of hydrogen-bond donors (Lipinski definition) is 1. The fraction of sp³-hybridized carbons (Fsp3) is 0.235. The molecule has 0 aliphatic carbocycles. The van der Waals surface area contributed by atoms with Gasteiger partial charge in [-0.15, -0.1) is 0 Å². The van der Waals surface area contributed by atoms with Crippen molar-refractivity contribution in [1.29, 1.82) is 0 Å². The number of sulfonamides is 1. The number of nitrogens with zero attached hydrogens (tertiary/aromatic N) is 1. The van der Waals surface area contributed by atoms with Crippen LogP contribution in [-0.2, 0) is 14.8 Å². The van der Waals surface area contributed by atoms with Crippen molar-refractivity contribution >= 4 is 21.6 Å². The van der Waals surface area contributed by atoms with Gasteiger partial charge in [-0.2, -0.15) is 4.72 Å². The van der Waals surface area contributed by atoms with Crippen molar-refractivity contribution in [2.45, 2.75) is 24.3 Å². The number of halogens is 1. The summed E-state index contributed by atoms with van der Waals surface area (Å²) < 4.78 is 40.5. The molecule has 7 heteroatoms. The van der Waals surface area contributed by atoms with Gasteiger partial charge in [0.15, 0.2) is 0 Å². The van der Waals surface area contributed by atoms with Crippen LogP contribution in [0.3, 0.4) is 0 Å². The second-order valence-electron chi connectivity index (χ2n) is 5.70. The summed E-state index contributed by atoms with van der Waals surface area (Å²) in [5, 5.41) is 0. The molecule has 1 aliphatic heterocycles. The number of carbonyl (C=O) groups is 1. The first-order valence-electron chi connectivity index (χ1n) is 7.53. The predicted octanol–water partition coefficient (Wildman–Crippen LogP) is 2.22. The molecule has 0 bridgehead atoms. The summed E-state index contributed by atoms with van der Waals surface area (Å²) in [5.74, 6) is -0.674. The topological polar surface area (TPSA) is 66.5 Å². The lowest BCUT2D eigenvalue weighted by molar-refractivity contribution is -0.118. The van der Waals surface area contributed by atoms with Crippen molar-refractivity contribution in [2.24, 2.45) is 0 Å². The van der Waals surface area contributed by atoms with Crippen molar-refractivity contribution in [3.63, 3.8) is 0 Å². The van der Waals surface area contributed by atoms with Crippen LogP contribution >= 0.6 is 0 Å². The van der Waals surface area contributed by atoms with Crippen molar-refractivity contribution in [3.05, 3.63) is 59.9 Å². The van der Waals surface area contributed by atoms with Crippen LogP contribution in [0.4, 0.5) is 10.1 Å². The lowest BCUT2D eigenvalue weighted by atomic mass is 10.2. The first-order valence-corrected chi connectivity index (χ1v) is 9.02. The Bertz CT molecular complexity index is 869. The fourth-order valence-corrected chi connectivity index (χ4v) is 3.94. The van der Waals surface area contributed by atoms with E-state index < -0.39 is 16.1 Å². The summed E-state index contributed by atoms with van der Waals surface area (Å²) in [7, 11) is -3.75. The Balaban J connectivity index is 1.78. The molecular weight excluding hydrogens is 331 g/mol. The first-order chi connectivity index (χ1) is 11.4. The van der Waals surface area contributed by atoms with Crippen LogP contribution in [0.15, 0.2) is 53.4 Å². The molecule has 126 valence electrons. The maximum absolute atomic E-state index is 13.4. The molecule has 1 aliphatic rings. The number of carbonyl (C=O) groups excluding carboxylic acids is 1. The molecule has 1 fully saturated rings. The van der Waals surface area contributed by atoms with Crippen molar-refractivity contribution in [3.8, 4) is 0 Å². The van der Waals surface area contributed by atoms with E-state index in [2.05, 4.69) is 4.72 Å². The summed E-state index contributed by atoms with van der Waals surface area (Å²) in [6.45, 7) is 2.00. The Morgan fingerprint density at radius 1 is 1.17 bits per heavy atom. The maximum atomic E-state index is 13.4. The van der Waals surface area contributed by atoms with Gasteiger partial charge < -0.3 is 4.90 Å². The molecule has 1 amide bonds. The van der Waals surface area contributed by atoms with E-state index in [9.17, 15) is 17.6 Å². The highest BCUT2D eigenvalue weighted by molar-refractivity contribution is 7.89. The average molecular weight is 348 g/mol. The summed E-state index contributed by atoms with van der Waals surface area (Å²) in [6, 6.07) is 11.5. The normalized spacial score (nSPS) is 18.2. The largest absolute Gasteiger partial charge is 0.311 e. The highest BCUT2D eigenvalue weighted by atomic mass is 32.2. The first kappa shape index (κ1) is 16.6. The molecule has 5 nitrogen and oxygen atoms in total. The van der Waals surface area contributed by atoms with Crippen molar-refractivity contribution in [2.75, 3.05) is 11.4 Å². The SMILES string of the molecule is Cc1cc(N2CCC(NS(=O)(=O)c3ccccc3)C2=O)ccc1F. The zero-order chi connectivity index (χ0) is 17.3. The van der Waals surface area contributed by atoms with Crippen molar-refractivity contribution in [1.82, 2.24) is 4.72 Å². The van der Waals surface area contributed by atoms with Gasteiger partial charge in [-0.1, -0.05) is 18.2 Å². The molecule has 3 rings (SSSR count). The zero-order valence-electron chi connectivity index (χ0n) is 13.1. The molecule has 1 saturated heterocycles. The molecule has 24 heavy (non-hydrogen) atoms. The molecule has 1 heterocycles. The molecule has 1 unspecified atom stereocenters. The Labute approximate surface area is 140 Å². The number of hydrogen-bond acceptors (Lipinski definition) is 3. The molecule has 1 atom stereocenters. The van der Waals surface area contributed by atoms with E-state index in [0.29, 0.717) is 24.2 Å². The van der Waals surface area contributed by atoms with Gasteiger partial charge in [0.05, 0.1) is 4.90 Å². The van der Waals surface area contributed by atoms with Gasteiger partial charge in [0.2, 0.25) is 15.9 Å². The van der Waals surface area contributed by atoms with Crippen LogP contribution in [-0.4, -0.2) is 26.9 Å². The van der Waals surface area contributed by atoms with Crippen LogP contribution in [0.25, 0.3) is 0 Å². The average Bonchev–Trinajstić information content (AvgIpc) is 2.91. The van der Waals surface area contributed by atoms with E-state index in [4.69, 9.17) is 0 Å². The van der Waals surface area contributed by atoms with Gasteiger partial charge in [-0.3, -0.25) is 4.79 Å². The summed E-state index contributed by atoms with van der Waals surface area (Å²) >= 11 is 0. The van der Waals surface area contributed by atoms with Crippen LogP contribution in [0, 0.1) is 12.7 Å².